The molecule has 0 bridgehead atoms. The summed E-state index contributed by atoms with van der Waals surface area (Å²) < 4.78 is 18.3. The lowest BCUT2D eigenvalue weighted by Gasteiger charge is -2.42. The summed E-state index contributed by atoms with van der Waals surface area (Å²) >= 11 is 0. The molecule has 0 spiro atoms. The molecule has 5 heteroatoms. The van der Waals surface area contributed by atoms with Gasteiger partial charge >= 0.3 is 0 Å². The van der Waals surface area contributed by atoms with Gasteiger partial charge in [0.25, 0.3) is 0 Å². The quantitative estimate of drug-likeness (QED) is 0.876. The van der Waals surface area contributed by atoms with Crippen LogP contribution in [0.5, 0.6) is 0 Å². The van der Waals surface area contributed by atoms with Crippen LogP contribution in [0.4, 0.5) is 10.1 Å². The molecule has 19 heavy (non-hydrogen) atoms. The average molecular weight is 266 g/mol. The summed E-state index contributed by atoms with van der Waals surface area (Å²) in [5, 5.41) is 3.16. The zero-order valence-corrected chi connectivity index (χ0v) is 11.0. The molecule has 1 fully saturated rings. The number of amides is 1. The van der Waals surface area contributed by atoms with Crippen LogP contribution >= 0.6 is 0 Å². The molecule has 0 radical (unpaired) electrons. The highest BCUT2D eigenvalue weighted by Gasteiger charge is 2.46. The normalized spacial score (nSPS) is 26.9. The second-order valence-corrected chi connectivity index (χ2v) is 4.94. The van der Waals surface area contributed by atoms with Gasteiger partial charge in [0.05, 0.1) is 6.10 Å². The van der Waals surface area contributed by atoms with Crippen molar-refractivity contribution in [3.05, 3.63) is 30.1 Å². The third-order valence-corrected chi connectivity index (χ3v) is 3.77. The van der Waals surface area contributed by atoms with E-state index >= 15 is 0 Å². The number of carbonyl (C=O) groups excluding carboxylic acids is 1. The number of nitrogens with one attached hydrogen (secondary N) is 1. The molecular formula is C14H19FN2O2. The van der Waals surface area contributed by atoms with Crippen molar-refractivity contribution in [2.45, 2.75) is 37.3 Å². The molecule has 1 aromatic rings. The number of methoxy groups -OCH3 is 1. The number of carbonyl (C=O) groups is 1. The Morgan fingerprint density at radius 2 is 2.11 bits per heavy atom. The van der Waals surface area contributed by atoms with Crippen molar-refractivity contribution in [1.82, 2.24) is 0 Å². The summed E-state index contributed by atoms with van der Waals surface area (Å²) in [6.45, 7) is 0. The fourth-order valence-electron chi connectivity index (χ4n) is 2.74. The van der Waals surface area contributed by atoms with Crippen LogP contribution in [0.25, 0.3) is 0 Å². The number of hydrogen-bond donors (Lipinski definition) is 2. The van der Waals surface area contributed by atoms with Crippen LogP contribution in [0.2, 0.25) is 0 Å². The minimum Gasteiger partial charge on any atom is -0.378 e. The number of benzene rings is 1. The Kier molecular flexibility index (Phi) is 4.04. The average Bonchev–Trinajstić information content (AvgIpc) is 2.41. The minimum atomic E-state index is -0.912. The van der Waals surface area contributed by atoms with Crippen LogP contribution in [0.3, 0.4) is 0 Å². The van der Waals surface area contributed by atoms with Gasteiger partial charge in [0.2, 0.25) is 5.91 Å². The van der Waals surface area contributed by atoms with Crippen molar-refractivity contribution in [1.29, 1.82) is 0 Å². The van der Waals surface area contributed by atoms with Gasteiger partial charge in [0.1, 0.15) is 11.4 Å². The highest BCUT2D eigenvalue weighted by Crippen LogP contribution is 2.33. The predicted molar refractivity (Wildman–Crippen MR) is 71.2 cm³/mol. The largest absolute Gasteiger partial charge is 0.378 e. The molecule has 1 aliphatic carbocycles. The third kappa shape index (κ3) is 2.71. The lowest BCUT2D eigenvalue weighted by Crippen LogP contribution is -2.60. The van der Waals surface area contributed by atoms with Gasteiger partial charge in [-0.1, -0.05) is 12.8 Å². The highest BCUT2D eigenvalue weighted by molar-refractivity contribution is 5.89. The fraction of sp³-hybridized carbons (Fsp3) is 0.500. The molecule has 2 rings (SSSR count). The van der Waals surface area contributed by atoms with Gasteiger partial charge in [-0.3, -0.25) is 4.79 Å². The number of hydrogen-bond acceptors (Lipinski definition) is 3. The molecule has 4 nitrogen and oxygen atoms in total. The second kappa shape index (κ2) is 5.57. The molecule has 3 N–H and O–H groups in total. The number of rotatable bonds is 4. The van der Waals surface area contributed by atoms with E-state index in [1.54, 1.807) is 19.2 Å². The summed E-state index contributed by atoms with van der Waals surface area (Å²) in [4.78, 5) is 11.9. The maximum atomic E-state index is 12.9. The SMILES string of the molecule is COC1CCCCC1(Nc1ccc(F)cc1)C(N)=O. The molecule has 1 aliphatic rings. The number of primary amides is 1. The van der Waals surface area contributed by atoms with Crippen LogP contribution in [0.15, 0.2) is 24.3 Å². The topological polar surface area (TPSA) is 64.3 Å². The van der Waals surface area contributed by atoms with Crippen molar-refractivity contribution < 1.29 is 13.9 Å². The summed E-state index contributed by atoms with van der Waals surface area (Å²) in [6.07, 6.45) is 3.07. The van der Waals surface area contributed by atoms with Crippen LogP contribution in [-0.4, -0.2) is 24.7 Å². The molecule has 1 aromatic carbocycles. The van der Waals surface area contributed by atoms with Crippen molar-refractivity contribution >= 4 is 11.6 Å². The van der Waals surface area contributed by atoms with Crippen molar-refractivity contribution in [2.24, 2.45) is 5.73 Å². The monoisotopic (exact) mass is 266 g/mol. The maximum Gasteiger partial charge on any atom is 0.245 e. The van der Waals surface area contributed by atoms with Gasteiger partial charge in [-0.25, -0.2) is 4.39 Å². The highest BCUT2D eigenvalue weighted by atomic mass is 19.1. The van der Waals surface area contributed by atoms with E-state index in [-0.39, 0.29) is 11.9 Å². The molecule has 0 saturated heterocycles. The maximum absolute atomic E-state index is 12.9. The zero-order valence-electron chi connectivity index (χ0n) is 11.0. The molecule has 1 saturated carbocycles. The van der Waals surface area contributed by atoms with E-state index in [0.29, 0.717) is 12.1 Å². The first-order valence-corrected chi connectivity index (χ1v) is 6.45. The lowest BCUT2D eigenvalue weighted by atomic mass is 9.78. The van der Waals surface area contributed by atoms with Gasteiger partial charge in [-0.05, 0) is 37.1 Å². The van der Waals surface area contributed by atoms with E-state index in [1.165, 1.54) is 12.1 Å². The van der Waals surface area contributed by atoms with E-state index in [2.05, 4.69) is 5.32 Å². The predicted octanol–water partition coefficient (Wildman–Crippen LogP) is 2.05. The Bertz CT molecular complexity index is 449. The van der Waals surface area contributed by atoms with E-state index < -0.39 is 11.4 Å². The number of nitrogens with two attached hydrogens (primary N) is 1. The van der Waals surface area contributed by atoms with Crippen molar-refractivity contribution in [3.63, 3.8) is 0 Å². The molecule has 1 amide bonds. The summed E-state index contributed by atoms with van der Waals surface area (Å²) in [5.74, 6) is -0.742. The van der Waals surface area contributed by atoms with Gasteiger partial charge in [0, 0.05) is 12.8 Å². The molecule has 104 valence electrons. The van der Waals surface area contributed by atoms with Crippen molar-refractivity contribution in [3.8, 4) is 0 Å². The first kappa shape index (κ1) is 13.8. The molecule has 0 aromatic heterocycles. The number of anilines is 1. The Labute approximate surface area is 112 Å². The third-order valence-electron chi connectivity index (χ3n) is 3.77. The summed E-state index contributed by atoms with van der Waals surface area (Å²) in [5.41, 5.74) is 5.35. The lowest BCUT2D eigenvalue weighted by molar-refractivity contribution is -0.129. The Hall–Kier alpha value is -1.62. The molecular weight excluding hydrogens is 247 g/mol. The fourth-order valence-corrected chi connectivity index (χ4v) is 2.74. The summed E-state index contributed by atoms with van der Waals surface area (Å²) in [6, 6.07) is 5.89. The first-order chi connectivity index (χ1) is 9.08. The van der Waals surface area contributed by atoms with Crippen LogP contribution in [0, 0.1) is 5.82 Å². The molecule has 0 aliphatic heterocycles. The van der Waals surface area contributed by atoms with Gasteiger partial charge in [-0.2, -0.15) is 0 Å². The molecule has 2 unspecified atom stereocenters. The van der Waals surface area contributed by atoms with Crippen LogP contribution in [0.1, 0.15) is 25.7 Å². The standard InChI is InChI=1S/C14H19FN2O2/c1-19-12-4-2-3-9-14(12,13(16)18)17-11-7-5-10(15)6-8-11/h5-8,12,17H,2-4,9H2,1H3,(H2,16,18). The van der Waals surface area contributed by atoms with E-state index in [9.17, 15) is 9.18 Å². The smallest absolute Gasteiger partial charge is 0.245 e. The van der Waals surface area contributed by atoms with E-state index in [0.717, 1.165) is 19.3 Å². The molecule has 2 atom stereocenters. The van der Waals surface area contributed by atoms with Gasteiger partial charge < -0.3 is 15.8 Å². The Morgan fingerprint density at radius 1 is 1.42 bits per heavy atom. The number of halogens is 1. The summed E-state index contributed by atoms with van der Waals surface area (Å²) in [7, 11) is 1.58. The Balaban J connectivity index is 2.28. The van der Waals surface area contributed by atoms with Gasteiger partial charge in [0.15, 0.2) is 0 Å². The molecule has 0 heterocycles. The second-order valence-electron chi connectivity index (χ2n) is 4.94. The zero-order chi connectivity index (χ0) is 13.9. The minimum absolute atomic E-state index is 0.260. The van der Waals surface area contributed by atoms with Gasteiger partial charge in [-0.15, -0.1) is 0 Å². The Morgan fingerprint density at radius 3 is 2.68 bits per heavy atom. The van der Waals surface area contributed by atoms with Crippen molar-refractivity contribution in [2.75, 3.05) is 12.4 Å². The van der Waals surface area contributed by atoms with E-state index in [1.807, 2.05) is 0 Å². The van der Waals surface area contributed by atoms with Crippen LogP contribution in [-0.2, 0) is 9.53 Å². The van der Waals surface area contributed by atoms with Crippen LogP contribution < -0.4 is 11.1 Å². The first-order valence-electron chi connectivity index (χ1n) is 6.45. The van der Waals surface area contributed by atoms with E-state index in [4.69, 9.17) is 10.5 Å². The number of ether oxygens (including phenoxy) is 1.